The number of aromatic nitrogens is 1. The minimum atomic E-state index is -0.798. The molecule has 3 rings (SSSR count). The monoisotopic (exact) mass is 397 g/mol. The minimum absolute atomic E-state index is 0.326. The number of nitrogens with one attached hydrogen (secondary N) is 1. The van der Waals surface area contributed by atoms with E-state index in [1.54, 1.807) is 18.3 Å². The van der Waals surface area contributed by atoms with E-state index in [1.165, 1.54) is 0 Å². The molecule has 0 unspecified atom stereocenters. The second kappa shape index (κ2) is 7.44. The SMILES string of the molecule is NC(=O)[C@H](Cc1ccc(Br)cc1)NC(=O)c1cccc2cccnc12. The number of fused-ring (bicyclic) bond motifs is 1. The van der Waals surface area contributed by atoms with Gasteiger partial charge in [0.1, 0.15) is 6.04 Å². The average molecular weight is 398 g/mol. The van der Waals surface area contributed by atoms with E-state index in [0.29, 0.717) is 17.5 Å². The molecule has 1 heterocycles. The molecule has 3 aromatic rings. The number of rotatable bonds is 5. The fourth-order valence-electron chi connectivity index (χ4n) is 2.60. The molecule has 3 N–H and O–H groups in total. The number of primary amides is 1. The lowest BCUT2D eigenvalue weighted by Crippen LogP contribution is -2.45. The van der Waals surface area contributed by atoms with Gasteiger partial charge in [0.2, 0.25) is 5.91 Å². The van der Waals surface area contributed by atoms with Gasteiger partial charge in [0.25, 0.3) is 5.91 Å². The smallest absolute Gasteiger partial charge is 0.254 e. The Balaban J connectivity index is 1.83. The summed E-state index contributed by atoms with van der Waals surface area (Å²) in [7, 11) is 0. The second-order valence-corrected chi connectivity index (χ2v) is 6.56. The van der Waals surface area contributed by atoms with Crippen LogP contribution < -0.4 is 11.1 Å². The Morgan fingerprint density at radius 2 is 1.80 bits per heavy atom. The quantitative estimate of drug-likeness (QED) is 0.693. The molecule has 0 saturated carbocycles. The molecule has 1 atom stereocenters. The molecule has 2 amide bonds. The van der Waals surface area contributed by atoms with Crippen molar-refractivity contribution in [3.05, 3.63) is 76.4 Å². The number of amides is 2. The Kier molecular flexibility index (Phi) is 5.09. The summed E-state index contributed by atoms with van der Waals surface area (Å²) in [6, 6.07) is 15.8. The maximum atomic E-state index is 12.7. The lowest BCUT2D eigenvalue weighted by Gasteiger charge is -2.16. The van der Waals surface area contributed by atoms with Gasteiger partial charge in [-0.3, -0.25) is 14.6 Å². The molecule has 0 aliphatic heterocycles. The molecule has 1 aromatic heterocycles. The van der Waals surface area contributed by atoms with Gasteiger partial charge in [-0.1, -0.05) is 46.3 Å². The number of carbonyl (C=O) groups excluding carboxylic acids is 2. The Labute approximate surface area is 153 Å². The third-order valence-corrected chi connectivity index (χ3v) is 4.41. The number of hydrogen-bond acceptors (Lipinski definition) is 3. The van der Waals surface area contributed by atoms with E-state index in [-0.39, 0.29) is 5.91 Å². The Morgan fingerprint density at radius 3 is 2.52 bits per heavy atom. The molecule has 5 nitrogen and oxygen atoms in total. The molecular weight excluding hydrogens is 382 g/mol. The third kappa shape index (κ3) is 4.03. The Morgan fingerprint density at radius 1 is 1.08 bits per heavy atom. The van der Waals surface area contributed by atoms with Crippen molar-refractivity contribution < 1.29 is 9.59 Å². The first-order chi connectivity index (χ1) is 12.0. The zero-order valence-corrected chi connectivity index (χ0v) is 14.9. The van der Waals surface area contributed by atoms with Crippen LogP contribution in [0.5, 0.6) is 0 Å². The van der Waals surface area contributed by atoms with Crippen LogP contribution in [0.2, 0.25) is 0 Å². The molecule has 0 fully saturated rings. The van der Waals surface area contributed by atoms with Gasteiger partial charge in [0.05, 0.1) is 11.1 Å². The molecule has 0 radical (unpaired) electrons. The molecule has 25 heavy (non-hydrogen) atoms. The number of hydrogen-bond donors (Lipinski definition) is 2. The van der Waals surface area contributed by atoms with Crippen molar-refractivity contribution in [2.75, 3.05) is 0 Å². The average Bonchev–Trinajstić information content (AvgIpc) is 2.62. The van der Waals surface area contributed by atoms with Gasteiger partial charge in [-0.05, 0) is 29.8 Å². The maximum Gasteiger partial charge on any atom is 0.254 e. The summed E-state index contributed by atoms with van der Waals surface area (Å²) in [5, 5.41) is 3.58. The highest BCUT2D eigenvalue weighted by Gasteiger charge is 2.21. The molecule has 0 aliphatic rings. The van der Waals surface area contributed by atoms with Crippen LogP contribution in [0.3, 0.4) is 0 Å². The summed E-state index contributed by atoms with van der Waals surface area (Å²) >= 11 is 3.37. The van der Waals surface area contributed by atoms with Crippen LogP contribution >= 0.6 is 15.9 Å². The van der Waals surface area contributed by atoms with Gasteiger partial charge in [0.15, 0.2) is 0 Å². The van der Waals surface area contributed by atoms with Crippen molar-refractivity contribution in [2.45, 2.75) is 12.5 Å². The van der Waals surface area contributed by atoms with Crippen molar-refractivity contribution in [3.63, 3.8) is 0 Å². The molecule has 0 spiro atoms. The molecule has 0 bridgehead atoms. The minimum Gasteiger partial charge on any atom is -0.368 e. The topological polar surface area (TPSA) is 85.1 Å². The van der Waals surface area contributed by atoms with E-state index in [2.05, 4.69) is 26.2 Å². The van der Waals surface area contributed by atoms with E-state index >= 15 is 0 Å². The summed E-state index contributed by atoms with van der Waals surface area (Å²) < 4.78 is 0.942. The van der Waals surface area contributed by atoms with Crippen molar-refractivity contribution in [1.29, 1.82) is 0 Å². The van der Waals surface area contributed by atoms with Crippen LogP contribution in [0.1, 0.15) is 15.9 Å². The van der Waals surface area contributed by atoms with Gasteiger partial charge < -0.3 is 11.1 Å². The zero-order chi connectivity index (χ0) is 17.8. The van der Waals surface area contributed by atoms with E-state index in [9.17, 15) is 9.59 Å². The highest BCUT2D eigenvalue weighted by Crippen LogP contribution is 2.16. The van der Waals surface area contributed by atoms with Gasteiger partial charge in [-0.15, -0.1) is 0 Å². The molecule has 2 aromatic carbocycles. The van der Waals surface area contributed by atoms with Gasteiger partial charge in [-0.25, -0.2) is 0 Å². The van der Waals surface area contributed by atoms with Crippen molar-refractivity contribution in [2.24, 2.45) is 5.73 Å². The number of halogens is 1. The van der Waals surface area contributed by atoms with Gasteiger partial charge in [-0.2, -0.15) is 0 Å². The third-order valence-electron chi connectivity index (χ3n) is 3.88. The van der Waals surface area contributed by atoms with Crippen molar-refractivity contribution in [1.82, 2.24) is 10.3 Å². The normalized spacial score (nSPS) is 11.9. The maximum absolute atomic E-state index is 12.7. The van der Waals surface area contributed by atoms with Crippen LogP contribution in [-0.4, -0.2) is 22.8 Å². The standard InChI is InChI=1S/C19H16BrN3O2/c20-14-8-6-12(7-9-14)11-16(18(21)24)23-19(25)15-5-1-3-13-4-2-10-22-17(13)15/h1-10,16H,11H2,(H2,21,24)(H,23,25)/t16-/m0/s1. The second-order valence-electron chi connectivity index (χ2n) is 5.64. The fourth-order valence-corrected chi connectivity index (χ4v) is 2.87. The zero-order valence-electron chi connectivity index (χ0n) is 13.3. The number of carbonyl (C=O) groups is 2. The van der Waals surface area contributed by atoms with Gasteiger partial charge in [0, 0.05) is 22.5 Å². The van der Waals surface area contributed by atoms with Gasteiger partial charge >= 0.3 is 0 Å². The van der Waals surface area contributed by atoms with Crippen LogP contribution in [0.15, 0.2) is 65.3 Å². The van der Waals surface area contributed by atoms with Crippen LogP contribution in [0.4, 0.5) is 0 Å². The summed E-state index contributed by atoms with van der Waals surface area (Å²) in [5.74, 6) is -0.949. The number of nitrogens with zero attached hydrogens (tertiary/aromatic N) is 1. The number of nitrogens with two attached hydrogens (primary N) is 1. The number of pyridine rings is 1. The molecule has 6 heteroatoms. The molecular formula is C19H16BrN3O2. The molecule has 126 valence electrons. The summed E-state index contributed by atoms with van der Waals surface area (Å²) in [6.07, 6.45) is 1.96. The predicted molar refractivity (Wildman–Crippen MR) is 100 cm³/mol. The fraction of sp³-hybridized carbons (Fsp3) is 0.105. The van der Waals surface area contributed by atoms with Crippen LogP contribution in [0, 0.1) is 0 Å². The first kappa shape index (κ1) is 17.1. The van der Waals surface area contributed by atoms with Crippen LogP contribution in [0.25, 0.3) is 10.9 Å². The van der Waals surface area contributed by atoms with Crippen LogP contribution in [-0.2, 0) is 11.2 Å². The van der Waals surface area contributed by atoms with E-state index < -0.39 is 11.9 Å². The molecule has 0 saturated heterocycles. The number of para-hydroxylation sites is 1. The Hall–Kier alpha value is -2.73. The first-order valence-corrected chi connectivity index (χ1v) is 8.52. The van der Waals surface area contributed by atoms with E-state index in [1.807, 2.05) is 42.5 Å². The highest BCUT2D eigenvalue weighted by molar-refractivity contribution is 9.10. The lowest BCUT2D eigenvalue weighted by atomic mass is 10.0. The van der Waals surface area contributed by atoms with E-state index in [4.69, 9.17) is 5.73 Å². The largest absolute Gasteiger partial charge is 0.368 e. The Bertz CT molecular complexity index is 920. The predicted octanol–water partition coefficient (Wildman–Crippen LogP) is 2.82. The highest BCUT2D eigenvalue weighted by atomic mass is 79.9. The van der Waals surface area contributed by atoms with Crippen molar-refractivity contribution in [3.8, 4) is 0 Å². The van der Waals surface area contributed by atoms with Crippen molar-refractivity contribution >= 4 is 38.6 Å². The molecule has 0 aliphatic carbocycles. The van der Waals surface area contributed by atoms with E-state index in [0.717, 1.165) is 15.4 Å². The summed E-state index contributed by atoms with van der Waals surface area (Å²) in [6.45, 7) is 0. The lowest BCUT2D eigenvalue weighted by molar-refractivity contribution is -0.119. The summed E-state index contributed by atoms with van der Waals surface area (Å²) in [4.78, 5) is 28.7. The number of benzene rings is 2. The first-order valence-electron chi connectivity index (χ1n) is 7.73. The summed E-state index contributed by atoms with van der Waals surface area (Å²) in [5.41, 5.74) is 7.39.